The van der Waals surface area contributed by atoms with Crippen LogP contribution in [0.4, 0.5) is 5.82 Å². The predicted molar refractivity (Wildman–Crippen MR) is 93.2 cm³/mol. The zero-order valence-electron chi connectivity index (χ0n) is 13.5. The van der Waals surface area contributed by atoms with Crippen LogP contribution < -0.4 is 5.32 Å². The van der Waals surface area contributed by atoms with Gasteiger partial charge in [0.05, 0.1) is 12.7 Å². The molecule has 122 valence electrons. The average molecular weight is 321 g/mol. The number of nitrogens with one attached hydrogen (secondary N) is 1. The lowest BCUT2D eigenvalue weighted by Gasteiger charge is -2.08. The van der Waals surface area contributed by atoms with Crippen LogP contribution in [-0.2, 0) is 4.74 Å². The number of hydrogen-bond donors (Lipinski definition) is 1. The number of hydrogen-bond acceptors (Lipinski definition) is 4. The fourth-order valence-electron chi connectivity index (χ4n) is 2.81. The van der Waals surface area contributed by atoms with Crippen molar-refractivity contribution in [1.29, 1.82) is 0 Å². The number of aromatic nitrogens is 2. The molecule has 3 aromatic rings. The van der Waals surface area contributed by atoms with E-state index in [9.17, 15) is 4.79 Å². The minimum atomic E-state index is -0.330. The summed E-state index contributed by atoms with van der Waals surface area (Å²) in [5, 5.41) is 3.55. The standard InChI is InChI=1S/C19H19N3O2/c1-24-19(23)15-9-7-14(8-10-15)17-18(20-12-13-5-6-13)22-11-3-2-4-16(22)21-17/h2-4,7-11,13,20H,5-6,12H2,1H3. The van der Waals surface area contributed by atoms with Crippen LogP contribution in [0.2, 0.25) is 0 Å². The van der Waals surface area contributed by atoms with Crippen molar-refractivity contribution < 1.29 is 9.53 Å². The first kappa shape index (κ1) is 14.8. The molecule has 4 rings (SSSR count). The van der Waals surface area contributed by atoms with Gasteiger partial charge >= 0.3 is 5.97 Å². The fraction of sp³-hybridized carbons (Fsp3) is 0.263. The molecule has 5 heteroatoms. The normalized spacial score (nSPS) is 13.9. The summed E-state index contributed by atoms with van der Waals surface area (Å²) in [6.45, 7) is 0.968. The van der Waals surface area contributed by atoms with E-state index < -0.39 is 0 Å². The predicted octanol–water partition coefficient (Wildman–Crippen LogP) is 3.61. The maximum absolute atomic E-state index is 11.6. The molecule has 2 heterocycles. The van der Waals surface area contributed by atoms with Crippen LogP contribution in [0, 0.1) is 5.92 Å². The van der Waals surface area contributed by atoms with Gasteiger partial charge in [-0.15, -0.1) is 0 Å². The van der Waals surface area contributed by atoms with Gasteiger partial charge in [-0.05, 0) is 43.0 Å². The number of nitrogens with zero attached hydrogens (tertiary/aromatic N) is 2. The molecule has 1 aliphatic carbocycles. The number of fused-ring (bicyclic) bond motifs is 1. The van der Waals surface area contributed by atoms with Gasteiger partial charge in [0, 0.05) is 18.3 Å². The monoisotopic (exact) mass is 321 g/mol. The van der Waals surface area contributed by atoms with Crippen molar-refractivity contribution in [2.75, 3.05) is 19.0 Å². The molecule has 0 bridgehead atoms. The molecule has 0 saturated heterocycles. The van der Waals surface area contributed by atoms with E-state index in [1.54, 1.807) is 12.1 Å². The Morgan fingerprint density at radius 3 is 2.75 bits per heavy atom. The van der Waals surface area contributed by atoms with Gasteiger partial charge < -0.3 is 10.1 Å². The van der Waals surface area contributed by atoms with Gasteiger partial charge in [0.2, 0.25) is 0 Å². The molecular weight excluding hydrogens is 302 g/mol. The number of methoxy groups -OCH3 is 1. The maximum atomic E-state index is 11.6. The highest BCUT2D eigenvalue weighted by Crippen LogP contribution is 2.32. The number of pyridine rings is 1. The highest BCUT2D eigenvalue weighted by molar-refractivity contribution is 5.90. The summed E-state index contributed by atoms with van der Waals surface area (Å²) in [5.74, 6) is 1.45. The molecule has 1 aliphatic rings. The van der Waals surface area contributed by atoms with Crippen LogP contribution in [0.3, 0.4) is 0 Å². The van der Waals surface area contributed by atoms with Gasteiger partial charge in [-0.1, -0.05) is 18.2 Å². The second-order valence-electron chi connectivity index (χ2n) is 6.13. The number of anilines is 1. The Bertz CT molecular complexity index is 879. The molecule has 0 unspecified atom stereocenters. The second kappa shape index (κ2) is 6.00. The van der Waals surface area contributed by atoms with Crippen molar-refractivity contribution in [3.63, 3.8) is 0 Å². The summed E-state index contributed by atoms with van der Waals surface area (Å²) in [5.41, 5.74) is 3.32. The molecule has 0 aliphatic heterocycles. The lowest BCUT2D eigenvalue weighted by molar-refractivity contribution is 0.0601. The van der Waals surface area contributed by atoms with Crippen molar-refractivity contribution in [2.24, 2.45) is 5.92 Å². The third-order valence-electron chi connectivity index (χ3n) is 4.36. The first-order valence-electron chi connectivity index (χ1n) is 8.16. The molecule has 1 aromatic carbocycles. The summed E-state index contributed by atoms with van der Waals surface area (Å²) in [6, 6.07) is 13.4. The zero-order valence-corrected chi connectivity index (χ0v) is 13.5. The lowest BCUT2D eigenvalue weighted by Crippen LogP contribution is -2.06. The van der Waals surface area contributed by atoms with E-state index in [0.29, 0.717) is 5.56 Å². The van der Waals surface area contributed by atoms with Crippen LogP contribution in [0.25, 0.3) is 16.9 Å². The summed E-state index contributed by atoms with van der Waals surface area (Å²) in [7, 11) is 1.39. The Hall–Kier alpha value is -2.82. The summed E-state index contributed by atoms with van der Waals surface area (Å²) >= 11 is 0. The van der Waals surface area contributed by atoms with E-state index in [1.165, 1.54) is 20.0 Å². The molecule has 24 heavy (non-hydrogen) atoms. The maximum Gasteiger partial charge on any atom is 0.337 e. The molecule has 2 aromatic heterocycles. The fourth-order valence-corrected chi connectivity index (χ4v) is 2.81. The highest BCUT2D eigenvalue weighted by atomic mass is 16.5. The summed E-state index contributed by atoms with van der Waals surface area (Å²) < 4.78 is 6.83. The minimum absolute atomic E-state index is 0.330. The van der Waals surface area contributed by atoms with Crippen LogP contribution >= 0.6 is 0 Å². The minimum Gasteiger partial charge on any atom is -0.465 e. The van der Waals surface area contributed by atoms with Crippen LogP contribution in [0.1, 0.15) is 23.2 Å². The quantitative estimate of drug-likeness (QED) is 0.729. The number of rotatable bonds is 5. The van der Waals surface area contributed by atoms with Crippen LogP contribution in [0.15, 0.2) is 48.7 Å². The molecule has 1 N–H and O–H groups in total. The van der Waals surface area contributed by atoms with Crippen molar-refractivity contribution in [3.8, 4) is 11.3 Å². The van der Waals surface area contributed by atoms with Gasteiger partial charge in [0.25, 0.3) is 0 Å². The first-order chi connectivity index (χ1) is 11.8. The smallest absolute Gasteiger partial charge is 0.337 e. The van der Waals surface area contributed by atoms with E-state index in [2.05, 4.69) is 9.72 Å². The largest absolute Gasteiger partial charge is 0.465 e. The number of imidazole rings is 1. The molecule has 0 spiro atoms. The SMILES string of the molecule is COC(=O)c1ccc(-c2nc3ccccn3c2NCC2CC2)cc1. The van der Waals surface area contributed by atoms with Crippen molar-refractivity contribution in [2.45, 2.75) is 12.8 Å². The molecular formula is C19H19N3O2. The van der Waals surface area contributed by atoms with Gasteiger partial charge in [-0.3, -0.25) is 4.40 Å². The second-order valence-corrected chi connectivity index (χ2v) is 6.13. The molecule has 0 radical (unpaired) electrons. The van der Waals surface area contributed by atoms with E-state index in [-0.39, 0.29) is 5.97 Å². The number of carbonyl (C=O) groups excluding carboxylic acids is 1. The van der Waals surface area contributed by atoms with E-state index in [4.69, 9.17) is 9.72 Å². The average Bonchev–Trinajstić information content (AvgIpc) is 3.39. The Balaban J connectivity index is 1.74. The van der Waals surface area contributed by atoms with Gasteiger partial charge in [-0.2, -0.15) is 0 Å². The number of benzene rings is 1. The topological polar surface area (TPSA) is 55.6 Å². The third-order valence-corrected chi connectivity index (χ3v) is 4.36. The molecule has 0 amide bonds. The van der Waals surface area contributed by atoms with E-state index >= 15 is 0 Å². The number of esters is 1. The Morgan fingerprint density at radius 1 is 1.25 bits per heavy atom. The lowest BCUT2D eigenvalue weighted by atomic mass is 10.1. The van der Waals surface area contributed by atoms with E-state index in [1.807, 2.05) is 36.5 Å². The van der Waals surface area contributed by atoms with Crippen molar-refractivity contribution >= 4 is 17.4 Å². The van der Waals surface area contributed by atoms with Crippen molar-refractivity contribution in [1.82, 2.24) is 9.38 Å². The van der Waals surface area contributed by atoms with Gasteiger partial charge in [0.15, 0.2) is 0 Å². The molecule has 1 saturated carbocycles. The summed E-state index contributed by atoms with van der Waals surface area (Å²) in [6.07, 6.45) is 4.61. The molecule has 1 fully saturated rings. The number of ether oxygens (including phenoxy) is 1. The first-order valence-corrected chi connectivity index (χ1v) is 8.16. The Morgan fingerprint density at radius 2 is 2.04 bits per heavy atom. The van der Waals surface area contributed by atoms with Gasteiger partial charge in [0.1, 0.15) is 17.2 Å². The molecule has 0 atom stereocenters. The zero-order chi connectivity index (χ0) is 16.5. The number of carbonyl (C=O) groups is 1. The van der Waals surface area contributed by atoms with E-state index in [0.717, 1.165) is 35.2 Å². The summed E-state index contributed by atoms with van der Waals surface area (Å²) in [4.78, 5) is 16.4. The Labute approximate surface area is 140 Å². The Kier molecular flexibility index (Phi) is 3.69. The van der Waals surface area contributed by atoms with Gasteiger partial charge in [-0.25, -0.2) is 9.78 Å². The van der Waals surface area contributed by atoms with Crippen LogP contribution in [0.5, 0.6) is 0 Å². The highest BCUT2D eigenvalue weighted by Gasteiger charge is 2.22. The molecule has 5 nitrogen and oxygen atoms in total. The third kappa shape index (κ3) is 2.73. The van der Waals surface area contributed by atoms with Crippen LogP contribution in [-0.4, -0.2) is 29.0 Å². The van der Waals surface area contributed by atoms with Crippen molar-refractivity contribution in [3.05, 3.63) is 54.2 Å².